The lowest BCUT2D eigenvalue weighted by molar-refractivity contribution is -0.117. The van der Waals surface area contributed by atoms with Crippen molar-refractivity contribution in [3.05, 3.63) is 54.1 Å². The summed E-state index contributed by atoms with van der Waals surface area (Å²) < 4.78 is 27.5. The molecule has 8 nitrogen and oxygen atoms in total. The third-order valence-electron chi connectivity index (χ3n) is 5.71. The number of rotatable bonds is 5. The quantitative estimate of drug-likeness (QED) is 0.765. The summed E-state index contributed by atoms with van der Waals surface area (Å²) in [5.74, 6) is -0.392. The SMILES string of the molecule is CN1CCN(S(=O)(=O)c2cccc(C(=O)Nc3ccccc3N3CCCC3=O)c2)CC1. The van der Waals surface area contributed by atoms with Crippen molar-refractivity contribution >= 4 is 33.2 Å². The van der Waals surface area contributed by atoms with Crippen LogP contribution in [-0.2, 0) is 14.8 Å². The zero-order valence-electron chi connectivity index (χ0n) is 17.5. The molecule has 1 N–H and O–H groups in total. The van der Waals surface area contributed by atoms with E-state index in [-0.39, 0.29) is 16.4 Å². The fraction of sp³-hybridized carbons (Fsp3) is 0.364. The molecule has 2 fully saturated rings. The lowest BCUT2D eigenvalue weighted by Gasteiger charge is -2.31. The Kier molecular flexibility index (Phi) is 6.08. The molecule has 2 aliphatic heterocycles. The fourth-order valence-corrected chi connectivity index (χ4v) is 5.36. The molecule has 2 aromatic rings. The van der Waals surface area contributed by atoms with E-state index in [9.17, 15) is 18.0 Å². The second-order valence-corrected chi connectivity index (χ2v) is 9.79. The number of piperazine rings is 1. The van der Waals surface area contributed by atoms with Crippen LogP contribution >= 0.6 is 0 Å². The number of amides is 2. The first-order valence-corrected chi connectivity index (χ1v) is 11.8. The Morgan fingerprint density at radius 1 is 0.968 bits per heavy atom. The third kappa shape index (κ3) is 4.48. The standard InChI is InChI=1S/C22H26N4O4S/c1-24-12-14-25(15-13-24)31(29,30)18-7-4-6-17(16-18)22(28)23-19-8-2-3-9-20(19)26-11-5-10-21(26)27/h2-4,6-9,16H,5,10-15H2,1H3,(H,23,28). The molecule has 31 heavy (non-hydrogen) atoms. The molecule has 2 amide bonds. The van der Waals surface area contributed by atoms with Gasteiger partial charge in [0.05, 0.1) is 16.3 Å². The number of sulfonamides is 1. The van der Waals surface area contributed by atoms with Gasteiger partial charge in [-0.1, -0.05) is 18.2 Å². The number of benzene rings is 2. The number of carbonyl (C=O) groups excluding carboxylic acids is 2. The Morgan fingerprint density at radius 3 is 2.42 bits per heavy atom. The molecule has 0 radical (unpaired) electrons. The number of para-hydroxylation sites is 2. The second-order valence-electron chi connectivity index (χ2n) is 7.86. The summed E-state index contributed by atoms with van der Waals surface area (Å²) in [6.45, 7) is 2.81. The average Bonchev–Trinajstić information content (AvgIpc) is 3.20. The van der Waals surface area contributed by atoms with Crippen LogP contribution in [0.1, 0.15) is 23.2 Å². The number of hydrogen-bond acceptors (Lipinski definition) is 5. The van der Waals surface area contributed by atoms with Crippen molar-refractivity contribution in [2.24, 2.45) is 0 Å². The van der Waals surface area contributed by atoms with Crippen molar-refractivity contribution in [2.45, 2.75) is 17.7 Å². The molecule has 0 unspecified atom stereocenters. The summed E-state index contributed by atoms with van der Waals surface area (Å²) in [4.78, 5) is 28.9. The highest BCUT2D eigenvalue weighted by molar-refractivity contribution is 7.89. The van der Waals surface area contributed by atoms with Gasteiger partial charge in [0.15, 0.2) is 0 Å². The molecule has 0 bridgehead atoms. The number of nitrogens with zero attached hydrogens (tertiary/aromatic N) is 3. The number of hydrogen-bond donors (Lipinski definition) is 1. The maximum absolute atomic E-state index is 13.0. The minimum Gasteiger partial charge on any atom is -0.320 e. The third-order valence-corrected chi connectivity index (χ3v) is 7.61. The molecule has 4 rings (SSSR count). The Hall–Kier alpha value is -2.75. The zero-order valence-corrected chi connectivity index (χ0v) is 18.3. The average molecular weight is 443 g/mol. The van der Waals surface area contributed by atoms with Gasteiger partial charge in [0.25, 0.3) is 5.91 Å². The highest BCUT2D eigenvalue weighted by Crippen LogP contribution is 2.30. The van der Waals surface area contributed by atoms with E-state index < -0.39 is 15.9 Å². The first-order chi connectivity index (χ1) is 14.9. The van der Waals surface area contributed by atoms with E-state index in [1.54, 1.807) is 35.2 Å². The van der Waals surface area contributed by atoms with E-state index in [4.69, 9.17) is 0 Å². The number of nitrogens with one attached hydrogen (secondary N) is 1. The van der Waals surface area contributed by atoms with Gasteiger partial charge in [-0.05, 0) is 43.8 Å². The van der Waals surface area contributed by atoms with Gasteiger partial charge < -0.3 is 15.1 Å². The van der Waals surface area contributed by atoms with Crippen molar-refractivity contribution in [1.29, 1.82) is 0 Å². The largest absolute Gasteiger partial charge is 0.320 e. The highest BCUT2D eigenvalue weighted by Gasteiger charge is 2.28. The molecule has 0 atom stereocenters. The molecule has 2 aliphatic rings. The van der Waals surface area contributed by atoms with Crippen molar-refractivity contribution in [1.82, 2.24) is 9.21 Å². The lowest BCUT2D eigenvalue weighted by Crippen LogP contribution is -2.47. The summed E-state index contributed by atoms with van der Waals surface area (Å²) >= 11 is 0. The van der Waals surface area contributed by atoms with Gasteiger partial charge in [0.1, 0.15) is 0 Å². The summed E-state index contributed by atoms with van der Waals surface area (Å²) in [6.07, 6.45) is 1.28. The van der Waals surface area contributed by atoms with Crippen LogP contribution in [0.3, 0.4) is 0 Å². The van der Waals surface area contributed by atoms with E-state index in [2.05, 4.69) is 10.2 Å². The van der Waals surface area contributed by atoms with Gasteiger partial charge in [-0.3, -0.25) is 9.59 Å². The smallest absolute Gasteiger partial charge is 0.255 e. The highest BCUT2D eigenvalue weighted by atomic mass is 32.2. The molecule has 2 heterocycles. The van der Waals surface area contributed by atoms with Gasteiger partial charge >= 0.3 is 0 Å². The van der Waals surface area contributed by atoms with Crippen LogP contribution in [0.5, 0.6) is 0 Å². The minimum atomic E-state index is -3.67. The lowest BCUT2D eigenvalue weighted by atomic mass is 10.2. The molecule has 0 aromatic heterocycles. The van der Waals surface area contributed by atoms with Crippen LogP contribution < -0.4 is 10.2 Å². The van der Waals surface area contributed by atoms with E-state index in [1.165, 1.54) is 16.4 Å². The van der Waals surface area contributed by atoms with E-state index in [0.717, 1.165) is 6.42 Å². The minimum absolute atomic E-state index is 0.0296. The van der Waals surface area contributed by atoms with Crippen molar-refractivity contribution < 1.29 is 18.0 Å². The predicted octanol–water partition coefficient (Wildman–Crippen LogP) is 2.00. The molecule has 2 saturated heterocycles. The molecule has 0 spiro atoms. The Bertz CT molecular complexity index is 1090. The van der Waals surface area contributed by atoms with E-state index in [0.29, 0.717) is 50.5 Å². The number of carbonyl (C=O) groups is 2. The predicted molar refractivity (Wildman–Crippen MR) is 119 cm³/mol. The molecular weight excluding hydrogens is 416 g/mol. The molecular formula is C22H26N4O4S. The normalized spacial score (nSPS) is 18.4. The molecule has 9 heteroatoms. The molecule has 0 saturated carbocycles. The summed E-state index contributed by atoms with van der Waals surface area (Å²) in [5, 5.41) is 2.84. The number of likely N-dealkylation sites (N-methyl/N-ethyl adjacent to an activating group) is 1. The van der Waals surface area contributed by atoms with Crippen LogP contribution in [0.15, 0.2) is 53.4 Å². The molecule has 0 aliphatic carbocycles. The van der Waals surface area contributed by atoms with Crippen LogP contribution in [-0.4, -0.2) is 69.2 Å². The number of anilines is 2. The van der Waals surface area contributed by atoms with Crippen LogP contribution in [0, 0.1) is 0 Å². The molecule has 2 aromatic carbocycles. The zero-order chi connectivity index (χ0) is 22.0. The van der Waals surface area contributed by atoms with Crippen LogP contribution in [0.2, 0.25) is 0 Å². The summed E-state index contributed by atoms with van der Waals surface area (Å²) in [6, 6.07) is 13.2. The maximum atomic E-state index is 13.0. The second kappa shape index (κ2) is 8.78. The summed E-state index contributed by atoms with van der Waals surface area (Å²) in [5.41, 5.74) is 1.42. The van der Waals surface area contributed by atoms with Crippen molar-refractivity contribution in [2.75, 3.05) is 50.0 Å². The first kappa shape index (κ1) is 21.5. The molecule has 164 valence electrons. The van der Waals surface area contributed by atoms with Crippen LogP contribution in [0.25, 0.3) is 0 Å². The first-order valence-electron chi connectivity index (χ1n) is 10.4. The van der Waals surface area contributed by atoms with Crippen molar-refractivity contribution in [3.8, 4) is 0 Å². The van der Waals surface area contributed by atoms with E-state index >= 15 is 0 Å². The van der Waals surface area contributed by atoms with Gasteiger partial charge in [0.2, 0.25) is 15.9 Å². The van der Waals surface area contributed by atoms with Crippen LogP contribution in [0.4, 0.5) is 11.4 Å². The van der Waals surface area contributed by atoms with Crippen molar-refractivity contribution in [3.63, 3.8) is 0 Å². The summed E-state index contributed by atoms with van der Waals surface area (Å²) in [7, 11) is -1.71. The Labute approximate surface area is 182 Å². The van der Waals surface area contributed by atoms with Gasteiger partial charge in [0, 0.05) is 44.7 Å². The van der Waals surface area contributed by atoms with Gasteiger partial charge in [-0.15, -0.1) is 0 Å². The fourth-order valence-electron chi connectivity index (χ4n) is 3.89. The monoisotopic (exact) mass is 442 g/mol. The van der Waals surface area contributed by atoms with Gasteiger partial charge in [-0.25, -0.2) is 8.42 Å². The topological polar surface area (TPSA) is 90.0 Å². The Morgan fingerprint density at radius 2 is 1.71 bits per heavy atom. The van der Waals surface area contributed by atoms with E-state index in [1.807, 2.05) is 13.1 Å². The van der Waals surface area contributed by atoms with Gasteiger partial charge in [-0.2, -0.15) is 4.31 Å². The maximum Gasteiger partial charge on any atom is 0.255 e. The Balaban J connectivity index is 1.55.